The molecule has 0 aliphatic rings. The Morgan fingerprint density at radius 3 is 2.72 bits per heavy atom. The minimum atomic E-state index is -3.40. The van der Waals surface area contributed by atoms with Gasteiger partial charge in [0.1, 0.15) is 11.9 Å². The maximum absolute atomic E-state index is 11.3. The number of hydrogen-bond donors (Lipinski definition) is 1. The summed E-state index contributed by atoms with van der Waals surface area (Å²) in [5.74, 6) is 0.567. The smallest absolute Gasteiger partial charge is 0.234 e. The van der Waals surface area contributed by atoms with Gasteiger partial charge in [0.2, 0.25) is 15.8 Å². The Hall–Kier alpha value is -1.72. The summed E-state index contributed by atoms with van der Waals surface area (Å²) in [7, 11) is -3.40. The van der Waals surface area contributed by atoms with Gasteiger partial charge >= 0.3 is 0 Å². The molecule has 1 aromatic heterocycles. The average molecular weight is 269 g/mol. The lowest BCUT2D eigenvalue weighted by molar-refractivity contribution is 0.556. The first-order valence-electron chi connectivity index (χ1n) is 5.30. The molecule has 0 aliphatic carbocycles. The van der Waals surface area contributed by atoms with Crippen LogP contribution in [0, 0.1) is 17.2 Å². The van der Waals surface area contributed by atoms with Crippen molar-refractivity contribution in [2.24, 2.45) is 5.92 Å². The third-order valence-electron chi connectivity index (χ3n) is 1.84. The molecule has 0 spiro atoms. The first kappa shape index (κ1) is 14.3. The third kappa shape index (κ3) is 4.65. The highest BCUT2D eigenvalue weighted by Gasteiger charge is 2.15. The van der Waals surface area contributed by atoms with Gasteiger partial charge in [-0.05, 0) is 5.92 Å². The third-order valence-corrected chi connectivity index (χ3v) is 2.39. The lowest BCUT2D eigenvalue weighted by atomic mass is 10.2. The van der Waals surface area contributed by atoms with Gasteiger partial charge in [-0.3, -0.25) is 5.01 Å². The van der Waals surface area contributed by atoms with E-state index in [4.69, 9.17) is 5.26 Å². The van der Waals surface area contributed by atoms with Crippen LogP contribution in [-0.4, -0.2) is 31.2 Å². The molecule has 1 rings (SSSR count). The fourth-order valence-corrected chi connectivity index (χ4v) is 1.86. The Morgan fingerprint density at radius 1 is 1.56 bits per heavy atom. The van der Waals surface area contributed by atoms with Crippen molar-refractivity contribution in [3.8, 4) is 6.07 Å². The Morgan fingerprint density at radius 2 is 2.22 bits per heavy atom. The summed E-state index contributed by atoms with van der Waals surface area (Å²) in [6.45, 7) is 4.33. The molecule has 1 aromatic rings. The van der Waals surface area contributed by atoms with E-state index in [1.54, 1.807) is 6.07 Å². The topological polar surface area (TPSA) is 99.0 Å². The molecule has 0 bridgehead atoms. The molecule has 8 heteroatoms. The second-order valence-electron chi connectivity index (χ2n) is 4.22. The summed E-state index contributed by atoms with van der Waals surface area (Å²) in [4.78, 5) is 10.1. The van der Waals surface area contributed by atoms with Crippen molar-refractivity contribution < 1.29 is 8.42 Å². The molecule has 0 aliphatic heterocycles. The van der Waals surface area contributed by atoms with Gasteiger partial charge in [0.15, 0.2) is 0 Å². The Balaban J connectivity index is 3.05. The van der Waals surface area contributed by atoms with Crippen LogP contribution >= 0.6 is 0 Å². The Labute approximate surface area is 106 Å². The van der Waals surface area contributed by atoms with Crippen LogP contribution in [0.1, 0.15) is 19.7 Å². The minimum Gasteiger partial charge on any atom is -0.278 e. The quantitative estimate of drug-likeness (QED) is 0.770. The minimum absolute atomic E-state index is 0.00319. The van der Waals surface area contributed by atoms with Gasteiger partial charge in [0.25, 0.3) is 0 Å². The number of nitriles is 1. The maximum Gasteiger partial charge on any atom is 0.234 e. The SMILES string of the molecule is CC(C)CN(NS(C)(=O)=O)c1ccnc(C#N)n1. The standard InChI is InChI=1S/C10H15N5O2S/c1-8(2)7-15(14-18(3,16)17)10-4-5-12-9(6-11)13-10/h4-5,8,14H,7H2,1-3H3. The highest BCUT2D eigenvalue weighted by Crippen LogP contribution is 2.10. The number of nitrogens with one attached hydrogen (secondary N) is 1. The zero-order valence-corrected chi connectivity index (χ0v) is 11.3. The molecular formula is C10H15N5O2S. The fraction of sp³-hybridized carbons (Fsp3) is 0.500. The molecule has 1 heterocycles. The number of sulfonamides is 1. The van der Waals surface area contributed by atoms with Gasteiger partial charge in [0.05, 0.1) is 6.26 Å². The van der Waals surface area contributed by atoms with E-state index in [9.17, 15) is 8.42 Å². The summed E-state index contributed by atoms with van der Waals surface area (Å²) in [6, 6.07) is 3.36. The van der Waals surface area contributed by atoms with E-state index < -0.39 is 10.0 Å². The molecular weight excluding hydrogens is 254 g/mol. The van der Waals surface area contributed by atoms with Crippen molar-refractivity contribution in [3.05, 3.63) is 18.1 Å². The number of aromatic nitrogens is 2. The first-order chi connectivity index (χ1) is 8.31. The average Bonchev–Trinajstić information content (AvgIpc) is 2.26. The Kier molecular flexibility index (Phi) is 4.58. The van der Waals surface area contributed by atoms with E-state index in [2.05, 4.69) is 14.8 Å². The zero-order valence-electron chi connectivity index (χ0n) is 10.5. The van der Waals surface area contributed by atoms with Crippen LogP contribution in [0.25, 0.3) is 0 Å². The van der Waals surface area contributed by atoms with Crippen LogP contribution in [-0.2, 0) is 10.0 Å². The molecule has 1 N–H and O–H groups in total. The zero-order chi connectivity index (χ0) is 13.8. The molecule has 7 nitrogen and oxygen atoms in total. The molecule has 0 aromatic carbocycles. The molecule has 98 valence electrons. The van der Waals surface area contributed by atoms with E-state index >= 15 is 0 Å². The second kappa shape index (κ2) is 5.75. The van der Waals surface area contributed by atoms with E-state index in [0.717, 1.165) is 6.26 Å². The van der Waals surface area contributed by atoms with Gasteiger partial charge in [-0.25, -0.2) is 18.4 Å². The van der Waals surface area contributed by atoms with E-state index in [1.165, 1.54) is 11.2 Å². The van der Waals surface area contributed by atoms with Crippen molar-refractivity contribution in [1.82, 2.24) is 14.8 Å². The largest absolute Gasteiger partial charge is 0.278 e. The first-order valence-corrected chi connectivity index (χ1v) is 7.19. The molecule has 0 unspecified atom stereocenters. The normalized spacial score (nSPS) is 11.3. The van der Waals surface area contributed by atoms with Crippen LogP contribution in [0.4, 0.5) is 5.82 Å². The van der Waals surface area contributed by atoms with Gasteiger partial charge < -0.3 is 0 Å². The molecule has 0 radical (unpaired) electrons. The number of rotatable bonds is 5. The summed E-state index contributed by atoms with van der Waals surface area (Å²) >= 11 is 0. The van der Waals surface area contributed by atoms with Crippen LogP contribution in [0.5, 0.6) is 0 Å². The van der Waals surface area contributed by atoms with Crippen molar-refractivity contribution in [2.75, 3.05) is 17.8 Å². The van der Waals surface area contributed by atoms with Crippen LogP contribution < -0.4 is 9.84 Å². The summed E-state index contributed by atoms with van der Waals surface area (Å²) < 4.78 is 22.6. The van der Waals surface area contributed by atoms with Gasteiger partial charge in [-0.1, -0.05) is 13.8 Å². The highest BCUT2D eigenvalue weighted by atomic mass is 32.2. The summed E-state index contributed by atoms with van der Waals surface area (Å²) in [6.07, 6.45) is 2.48. The molecule has 0 fully saturated rings. The lowest BCUT2D eigenvalue weighted by Gasteiger charge is -2.24. The lowest BCUT2D eigenvalue weighted by Crippen LogP contribution is -2.44. The summed E-state index contributed by atoms with van der Waals surface area (Å²) in [5, 5.41) is 10.1. The summed E-state index contributed by atoms with van der Waals surface area (Å²) in [5.41, 5.74) is 0. The second-order valence-corrected chi connectivity index (χ2v) is 5.95. The predicted octanol–water partition coefficient (Wildman–Crippen LogP) is 0.275. The molecule has 0 saturated heterocycles. The highest BCUT2D eigenvalue weighted by molar-refractivity contribution is 7.88. The van der Waals surface area contributed by atoms with E-state index in [-0.39, 0.29) is 11.7 Å². The van der Waals surface area contributed by atoms with Crippen molar-refractivity contribution in [3.63, 3.8) is 0 Å². The van der Waals surface area contributed by atoms with Gasteiger partial charge in [-0.2, -0.15) is 5.26 Å². The number of hydrogen-bond acceptors (Lipinski definition) is 6. The van der Waals surface area contributed by atoms with E-state index in [1.807, 2.05) is 19.9 Å². The van der Waals surface area contributed by atoms with Crippen molar-refractivity contribution in [2.45, 2.75) is 13.8 Å². The predicted molar refractivity (Wildman–Crippen MR) is 66.9 cm³/mol. The van der Waals surface area contributed by atoms with Crippen LogP contribution in [0.2, 0.25) is 0 Å². The van der Waals surface area contributed by atoms with Crippen LogP contribution in [0.15, 0.2) is 12.3 Å². The molecule has 0 atom stereocenters. The molecule has 0 saturated carbocycles. The molecule has 0 amide bonds. The van der Waals surface area contributed by atoms with Crippen molar-refractivity contribution in [1.29, 1.82) is 5.26 Å². The van der Waals surface area contributed by atoms with Crippen LogP contribution in [0.3, 0.4) is 0 Å². The van der Waals surface area contributed by atoms with Gasteiger partial charge in [-0.15, -0.1) is 4.83 Å². The number of hydrazine groups is 1. The Bertz CT molecular complexity index is 550. The number of nitrogens with zero attached hydrogens (tertiary/aromatic N) is 4. The number of anilines is 1. The maximum atomic E-state index is 11.3. The van der Waals surface area contributed by atoms with Crippen molar-refractivity contribution >= 4 is 15.8 Å². The van der Waals surface area contributed by atoms with E-state index in [0.29, 0.717) is 12.4 Å². The fourth-order valence-electron chi connectivity index (χ4n) is 1.30. The van der Waals surface area contributed by atoms with Gasteiger partial charge in [0, 0.05) is 18.8 Å². The molecule has 18 heavy (non-hydrogen) atoms. The monoisotopic (exact) mass is 269 g/mol.